The third-order valence-electron chi connectivity index (χ3n) is 3.43. The number of nitrogen functional groups attached to an aromatic ring is 1. The van der Waals surface area contributed by atoms with Gasteiger partial charge in [0, 0.05) is 12.1 Å². The van der Waals surface area contributed by atoms with E-state index in [2.05, 4.69) is 5.10 Å². The van der Waals surface area contributed by atoms with E-state index in [4.69, 9.17) is 10.5 Å². The van der Waals surface area contributed by atoms with Gasteiger partial charge in [-0.1, -0.05) is 6.07 Å². The van der Waals surface area contributed by atoms with Crippen LogP contribution in [0.3, 0.4) is 0 Å². The first kappa shape index (κ1) is 12.7. The van der Waals surface area contributed by atoms with E-state index in [1.807, 2.05) is 18.3 Å². The zero-order valence-electron chi connectivity index (χ0n) is 11.4. The molecule has 1 aromatic carbocycles. The molecule has 3 rings (SSSR count). The van der Waals surface area contributed by atoms with Crippen molar-refractivity contribution in [2.45, 2.75) is 25.7 Å². The van der Waals surface area contributed by atoms with Gasteiger partial charge in [-0.3, -0.25) is 0 Å². The minimum Gasteiger partial charge on any atom is -0.462 e. The molecule has 0 atom stereocenters. The quantitative estimate of drug-likeness (QED) is 0.685. The Kier molecular flexibility index (Phi) is 3.18. The Balaban J connectivity index is 1.96. The maximum absolute atomic E-state index is 11.8. The molecule has 0 bridgehead atoms. The minimum atomic E-state index is -0.401. The molecule has 2 aromatic rings. The van der Waals surface area contributed by atoms with Crippen LogP contribution in [-0.4, -0.2) is 22.4 Å². The van der Waals surface area contributed by atoms with Crippen molar-refractivity contribution in [2.24, 2.45) is 0 Å². The Bertz CT molecular complexity index is 644. The first-order valence-corrected chi connectivity index (χ1v) is 6.82. The number of ether oxygens (including phenoxy) is 1. The number of benzene rings is 1. The van der Waals surface area contributed by atoms with Crippen molar-refractivity contribution in [3.63, 3.8) is 0 Å². The molecular formula is C15H17N3O2. The molecule has 1 aliphatic rings. The van der Waals surface area contributed by atoms with Crippen molar-refractivity contribution in [2.75, 3.05) is 12.3 Å². The smallest absolute Gasteiger partial charge is 0.340 e. The van der Waals surface area contributed by atoms with Crippen LogP contribution >= 0.6 is 0 Å². The fraction of sp³-hybridized carbons (Fsp3) is 0.333. The summed E-state index contributed by atoms with van der Waals surface area (Å²) < 4.78 is 6.73. The van der Waals surface area contributed by atoms with Gasteiger partial charge in [0.25, 0.3) is 0 Å². The van der Waals surface area contributed by atoms with E-state index in [1.165, 1.54) is 12.8 Å². The molecule has 0 spiro atoms. The SMILES string of the molecule is CCOC(=O)c1cccc(-n2ccc(C3CC3)n2)c1N. The Labute approximate surface area is 117 Å². The zero-order valence-corrected chi connectivity index (χ0v) is 11.4. The summed E-state index contributed by atoms with van der Waals surface area (Å²) in [4.78, 5) is 11.8. The highest BCUT2D eigenvalue weighted by Crippen LogP contribution is 2.39. The highest BCUT2D eigenvalue weighted by molar-refractivity contribution is 5.97. The van der Waals surface area contributed by atoms with Crippen LogP contribution in [0.5, 0.6) is 0 Å². The lowest BCUT2D eigenvalue weighted by molar-refractivity contribution is 0.0527. The fourth-order valence-electron chi connectivity index (χ4n) is 2.21. The number of aromatic nitrogens is 2. The molecule has 1 fully saturated rings. The Hall–Kier alpha value is -2.30. The van der Waals surface area contributed by atoms with Crippen molar-refractivity contribution >= 4 is 11.7 Å². The van der Waals surface area contributed by atoms with E-state index in [0.717, 1.165) is 5.69 Å². The number of hydrogen-bond acceptors (Lipinski definition) is 4. The van der Waals surface area contributed by atoms with Gasteiger partial charge in [-0.25, -0.2) is 9.48 Å². The molecule has 20 heavy (non-hydrogen) atoms. The highest BCUT2D eigenvalue weighted by atomic mass is 16.5. The molecule has 1 saturated carbocycles. The predicted molar refractivity (Wildman–Crippen MR) is 75.9 cm³/mol. The van der Waals surface area contributed by atoms with Gasteiger partial charge in [0.2, 0.25) is 0 Å². The molecule has 1 aliphatic carbocycles. The van der Waals surface area contributed by atoms with Gasteiger partial charge in [0.1, 0.15) is 0 Å². The second-order valence-corrected chi connectivity index (χ2v) is 4.92. The first-order valence-electron chi connectivity index (χ1n) is 6.82. The molecule has 1 aromatic heterocycles. The number of hydrogen-bond donors (Lipinski definition) is 1. The summed E-state index contributed by atoms with van der Waals surface area (Å²) in [5.74, 6) is 0.187. The molecular weight excluding hydrogens is 254 g/mol. The number of para-hydroxylation sites is 1. The van der Waals surface area contributed by atoms with Crippen molar-refractivity contribution in [3.05, 3.63) is 41.7 Å². The van der Waals surface area contributed by atoms with Crippen LogP contribution in [0.2, 0.25) is 0 Å². The zero-order chi connectivity index (χ0) is 14.1. The lowest BCUT2D eigenvalue weighted by atomic mass is 10.1. The van der Waals surface area contributed by atoms with Gasteiger partial charge >= 0.3 is 5.97 Å². The van der Waals surface area contributed by atoms with Gasteiger partial charge in [-0.15, -0.1) is 0 Å². The van der Waals surface area contributed by atoms with Crippen molar-refractivity contribution in [3.8, 4) is 5.69 Å². The lowest BCUT2D eigenvalue weighted by Gasteiger charge is -2.10. The Morgan fingerprint density at radius 2 is 2.25 bits per heavy atom. The molecule has 0 aliphatic heterocycles. The number of anilines is 1. The minimum absolute atomic E-state index is 0.329. The molecule has 1 heterocycles. The van der Waals surface area contributed by atoms with Crippen LogP contribution in [-0.2, 0) is 4.74 Å². The lowest BCUT2D eigenvalue weighted by Crippen LogP contribution is -2.11. The molecule has 2 N–H and O–H groups in total. The van der Waals surface area contributed by atoms with Crippen LogP contribution in [0, 0.1) is 0 Å². The third kappa shape index (κ3) is 2.27. The van der Waals surface area contributed by atoms with Crippen LogP contribution < -0.4 is 5.73 Å². The van der Waals surface area contributed by atoms with Crippen molar-refractivity contribution in [1.82, 2.24) is 9.78 Å². The van der Waals surface area contributed by atoms with Crippen LogP contribution in [0.15, 0.2) is 30.5 Å². The van der Waals surface area contributed by atoms with E-state index in [9.17, 15) is 4.79 Å². The summed E-state index contributed by atoms with van der Waals surface area (Å²) in [5.41, 5.74) is 8.67. The standard InChI is InChI=1S/C15H17N3O2/c1-2-20-15(19)11-4-3-5-13(14(11)16)18-9-8-12(17-18)10-6-7-10/h3-5,8-10H,2,6-7,16H2,1H3. The van der Waals surface area contributed by atoms with E-state index >= 15 is 0 Å². The van der Waals surface area contributed by atoms with Crippen molar-refractivity contribution in [1.29, 1.82) is 0 Å². The largest absolute Gasteiger partial charge is 0.462 e. The number of carbonyl (C=O) groups is 1. The second-order valence-electron chi connectivity index (χ2n) is 4.92. The molecule has 5 nitrogen and oxygen atoms in total. The predicted octanol–water partition coefficient (Wildman–Crippen LogP) is 2.51. The summed E-state index contributed by atoms with van der Waals surface area (Å²) in [7, 11) is 0. The van der Waals surface area contributed by atoms with Gasteiger partial charge in [0.15, 0.2) is 0 Å². The van der Waals surface area contributed by atoms with Crippen LogP contribution in [0.1, 0.15) is 41.7 Å². The average Bonchev–Trinajstić information content (AvgIpc) is 3.18. The molecule has 0 radical (unpaired) electrons. The number of nitrogens with two attached hydrogens (primary N) is 1. The topological polar surface area (TPSA) is 70.1 Å². The van der Waals surface area contributed by atoms with Crippen molar-refractivity contribution < 1.29 is 9.53 Å². The van der Waals surface area contributed by atoms with E-state index < -0.39 is 5.97 Å². The van der Waals surface area contributed by atoms with Gasteiger partial charge in [-0.05, 0) is 38.0 Å². The molecule has 0 saturated heterocycles. The number of nitrogens with zero attached hydrogens (tertiary/aromatic N) is 2. The van der Waals surface area contributed by atoms with E-state index in [1.54, 1.807) is 23.7 Å². The number of esters is 1. The Morgan fingerprint density at radius 3 is 2.95 bits per heavy atom. The summed E-state index contributed by atoms with van der Waals surface area (Å²) in [5, 5.41) is 4.53. The van der Waals surface area contributed by atoms with Gasteiger partial charge < -0.3 is 10.5 Å². The fourth-order valence-corrected chi connectivity index (χ4v) is 2.21. The molecule has 0 unspecified atom stereocenters. The van der Waals surface area contributed by atoms with E-state index in [0.29, 0.717) is 29.5 Å². The van der Waals surface area contributed by atoms with E-state index in [-0.39, 0.29) is 0 Å². The van der Waals surface area contributed by atoms with Gasteiger partial charge in [-0.2, -0.15) is 5.10 Å². The summed E-state index contributed by atoms with van der Waals surface area (Å²) in [6.07, 6.45) is 4.29. The monoisotopic (exact) mass is 271 g/mol. The molecule has 0 amide bonds. The number of rotatable bonds is 4. The summed E-state index contributed by atoms with van der Waals surface area (Å²) in [6, 6.07) is 7.31. The van der Waals surface area contributed by atoms with Gasteiger partial charge in [0.05, 0.1) is 29.2 Å². The maximum atomic E-state index is 11.8. The third-order valence-corrected chi connectivity index (χ3v) is 3.43. The Morgan fingerprint density at radius 1 is 1.45 bits per heavy atom. The normalized spacial score (nSPS) is 14.2. The molecule has 104 valence electrons. The maximum Gasteiger partial charge on any atom is 0.340 e. The second kappa shape index (κ2) is 5.00. The summed E-state index contributed by atoms with van der Waals surface area (Å²) >= 11 is 0. The van der Waals surface area contributed by atoms with Crippen LogP contribution in [0.4, 0.5) is 5.69 Å². The first-order chi connectivity index (χ1) is 9.70. The molecule has 5 heteroatoms. The summed E-state index contributed by atoms with van der Waals surface area (Å²) in [6.45, 7) is 2.10. The number of carbonyl (C=O) groups excluding carboxylic acids is 1. The average molecular weight is 271 g/mol. The van der Waals surface area contributed by atoms with Crippen LogP contribution in [0.25, 0.3) is 5.69 Å². The highest BCUT2D eigenvalue weighted by Gasteiger charge is 2.26.